The zero-order chi connectivity index (χ0) is 20.0. The number of anilines is 1. The lowest BCUT2D eigenvalue weighted by Crippen LogP contribution is -2.31. The fraction of sp³-hybridized carbons (Fsp3) is 0.263. The molecule has 0 spiro atoms. The van der Waals surface area contributed by atoms with Crippen LogP contribution in [0.4, 0.5) is 5.69 Å². The summed E-state index contributed by atoms with van der Waals surface area (Å²) in [7, 11) is 0.00470. The van der Waals surface area contributed by atoms with Gasteiger partial charge >= 0.3 is 0 Å². The maximum absolute atomic E-state index is 12.4. The van der Waals surface area contributed by atoms with Crippen LogP contribution < -0.4 is 10.0 Å². The maximum atomic E-state index is 12.4. The van der Waals surface area contributed by atoms with Crippen molar-refractivity contribution in [2.45, 2.75) is 11.8 Å². The monoisotopic (exact) mass is 389 g/mol. The van der Waals surface area contributed by atoms with Crippen LogP contribution in [0.5, 0.6) is 0 Å². The summed E-state index contributed by atoms with van der Waals surface area (Å²) in [5.41, 5.74) is 1.29. The SMILES string of the molecule is CC(=O)c1ccc(NC(=O)c2cccc(S(=O)(=O)NCCN(C)C)c2)cc1. The summed E-state index contributed by atoms with van der Waals surface area (Å²) in [5.74, 6) is -0.497. The highest BCUT2D eigenvalue weighted by Gasteiger charge is 2.16. The molecule has 0 aromatic heterocycles. The molecule has 2 aromatic rings. The topological polar surface area (TPSA) is 95.6 Å². The Bertz CT molecular complexity index is 922. The third-order valence-electron chi connectivity index (χ3n) is 3.81. The molecule has 0 aliphatic rings. The number of nitrogens with zero attached hydrogens (tertiary/aromatic N) is 1. The van der Waals surface area contributed by atoms with Gasteiger partial charge in [-0.3, -0.25) is 9.59 Å². The van der Waals surface area contributed by atoms with E-state index >= 15 is 0 Å². The van der Waals surface area contributed by atoms with Crippen molar-refractivity contribution in [1.82, 2.24) is 9.62 Å². The number of benzene rings is 2. The van der Waals surface area contributed by atoms with Gasteiger partial charge < -0.3 is 10.2 Å². The zero-order valence-corrected chi connectivity index (χ0v) is 16.3. The first kappa shape index (κ1) is 20.8. The van der Waals surface area contributed by atoms with Gasteiger partial charge in [0.15, 0.2) is 5.78 Å². The molecule has 0 atom stereocenters. The van der Waals surface area contributed by atoms with E-state index in [9.17, 15) is 18.0 Å². The van der Waals surface area contributed by atoms with Crippen molar-refractivity contribution in [1.29, 1.82) is 0 Å². The second-order valence-corrected chi connectivity index (χ2v) is 8.08. The molecule has 2 rings (SSSR count). The highest BCUT2D eigenvalue weighted by molar-refractivity contribution is 7.89. The van der Waals surface area contributed by atoms with E-state index in [0.29, 0.717) is 17.8 Å². The molecule has 7 nitrogen and oxygen atoms in total. The molecule has 0 aliphatic heterocycles. The number of amides is 1. The summed E-state index contributed by atoms with van der Waals surface area (Å²) in [6, 6.07) is 12.3. The summed E-state index contributed by atoms with van der Waals surface area (Å²) in [6.45, 7) is 2.30. The van der Waals surface area contributed by atoms with Crippen molar-refractivity contribution < 1.29 is 18.0 Å². The summed E-state index contributed by atoms with van der Waals surface area (Å²) in [4.78, 5) is 25.6. The molecule has 0 radical (unpaired) electrons. The number of hydrogen-bond acceptors (Lipinski definition) is 5. The first-order valence-corrected chi connectivity index (χ1v) is 9.84. The first-order chi connectivity index (χ1) is 12.7. The minimum absolute atomic E-state index is 0.0285. The molecule has 0 heterocycles. The maximum Gasteiger partial charge on any atom is 0.255 e. The highest BCUT2D eigenvalue weighted by Crippen LogP contribution is 2.15. The molecule has 0 saturated carbocycles. The van der Waals surface area contributed by atoms with Crippen molar-refractivity contribution in [3.63, 3.8) is 0 Å². The Morgan fingerprint density at radius 3 is 2.26 bits per heavy atom. The average Bonchev–Trinajstić information content (AvgIpc) is 2.61. The Hall–Kier alpha value is -2.55. The number of likely N-dealkylation sites (N-methyl/N-ethyl adjacent to an activating group) is 1. The first-order valence-electron chi connectivity index (χ1n) is 8.36. The molecular formula is C19H23N3O4S. The highest BCUT2D eigenvalue weighted by atomic mass is 32.2. The summed E-state index contributed by atoms with van der Waals surface area (Å²) < 4.78 is 27.2. The van der Waals surface area contributed by atoms with Crippen LogP contribution in [-0.4, -0.2) is 52.2 Å². The van der Waals surface area contributed by atoms with Crippen LogP contribution in [-0.2, 0) is 10.0 Å². The van der Waals surface area contributed by atoms with Crippen LogP contribution in [0.25, 0.3) is 0 Å². The van der Waals surface area contributed by atoms with Gasteiger partial charge in [-0.25, -0.2) is 13.1 Å². The summed E-state index contributed by atoms with van der Waals surface area (Å²) >= 11 is 0. The molecule has 0 aliphatic carbocycles. The van der Waals surface area contributed by atoms with Gasteiger partial charge in [0.05, 0.1) is 4.90 Å². The third kappa shape index (κ3) is 5.99. The predicted octanol–water partition coefficient (Wildman–Crippen LogP) is 1.98. The quantitative estimate of drug-likeness (QED) is 0.673. The smallest absolute Gasteiger partial charge is 0.255 e. The average molecular weight is 389 g/mol. The fourth-order valence-electron chi connectivity index (χ4n) is 2.28. The molecule has 0 fully saturated rings. The van der Waals surface area contributed by atoms with Crippen LogP contribution >= 0.6 is 0 Å². The van der Waals surface area contributed by atoms with Crippen LogP contribution in [0.15, 0.2) is 53.4 Å². The van der Waals surface area contributed by atoms with Crippen LogP contribution in [0.3, 0.4) is 0 Å². The Labute approximate surface area is 159 Å². The van der Waals surface area contributed by atoms with Crippen LogP contribution in [0, 0.1) is 0 Å². The van der Waals surface area contributed by atoms with Crippen LogP contribution in [0.1, 0.15) is 27.6 Å². The molecule has 2 N–H and O–H groups in total. The molecular weight excluding hydrogens is 366 g/mol. The van der Waals surface area contributed by atoms with Crippen molar-refractivity contribution in [3.05, 3.63) is 59.7 Å². The molecule has 27 heavy (non-hydrogen) atoms. The Morgan fingerprint density at radius 2 is 1.67 bits per heavy atom. The van der Waals surface area contributed by atoms with Crippen molar-refractivity contribution in [3.8, 4) is 0 Å². The van der Waals surface area contributed by atoms with Crippen molar-refractivity contribution in [2.24, 2.45) is 0 Å². The third-order valence-corrected chi connectivity index (χ3v) is 5.27. The molecule has 1 amide bonds. The van der Waals surface area contributed by atoms with Gasteiger partial charge in [-0.2, -0.15) is 0 Å². The van der Waals surface area contributed by atoms with Gasteiger partial charge in [0.25, 0.3) is 5.91 Å². The van der Waals surface area contributed by atoms with Crippen molar-refractivity contribution in [2.75, 3.05) is 32.5 Å². The van der Waals surface area contributed by atoms with Crippen molar-refractivity contribution >= 4 is 27.4 Å². The molecule has 8 heteroatoms. The molecule has 144 valence electrons. The van der Waals surface area contributed by atoms with E-state index < -0.39 is 15.9 Å². The predicted molar refractivity (Wildman–Crippen MR) is 105 cm³/mol. The Kier molecular flexibility index (Phi) is 6.84. The normalized spacial score (nSPS) is 11.4. The molecule has 2 aromatic carbocycles. The molecule has 0 saturated heterocycles. The lowest BCUT2D eigenvalue weighted by Gasteiger charge is -2.12. The molecule has 0 bridgehead atoms. The van der Waals surface area contributed by atoms with E-state index in [1.54, 1.807) is 24.3 Å². The number of nitrogens with one attached hydrogen (secondary N) is 2. The number of carbonyl (C=O) groups is 2. The summed E-state index contributed by atoms with van der Waals surface area (Å²) in [6.07, 6.45) is 0. The number of sulfonamides is 1. The van der Waals surface area contributed by atoms with E-state index in [-0.39, 0.29) is 22.8 Å². The lowest BCUT2D eigenvalue weighted by molar-refractivity contribution is 0.101. The van der Waals surface area contributed by atoms with Gasteiger partial charge in [0, 0.05) is 29.9 Å². The van der Waals surface area contributed by atoms with E-state index in [4.69, 9.17) is 0 Å². The van der Waals surface area contributed by atoms with Gasteiger partial charge in [-0.05, 0) is 63.5 Å². The number of ketones is 1. The second kappa shape index (κ2) is 8.90. The summed E-state index contributed by atoms with van der Waals surface area (Å²) in [5, 5.41) is 2.69. The van der Waals surface area contributed by atoms with E-state index in [0.717, 1.165) is 0 Å². The van der Waals surface area contributed by atoms with E-state index in [1.165, 1.54) is 31.2 Å². The second-order valence-electron chi connectivity index (χ2n) is 6.32. The largest absolute Gasteiger partial charge is 0.322 e. The molecule has 0 unspecified atom stereocenters. The Morgan fingerprint density at radius 1 is 1.00 bits per heavy atom. The number of Topliss-reactive ketones (excluding diaryl/α,β-unsaturated/α-hetero) is 1. The minimum Gasteiger partial charge on any atom is -0.322 e. The fourth-order valence-corrected chi connectivity index (χ4v) is 3.35. The lowest BCUT2D eigenvalue weighted by atomic mass is 10.1. The number of hydrogen-bond donors (Lipinski definition) is 2. The van der Waals surface area contributed by atoms with Gasteiger partial charge in [-0.15, -0.1) is 0 Å². The van der Waals surface area contributed by atoms with Gasteiger partial charge in [-0.1, -0.05) is 6.07 Å². The Balaban J connectivity index is 2.11. The van der Waals surface area contributed by atoms with Gasteiger partial charge in [0.1, 0.15) is 0 Å². The van der Waals surface area contributed by atoms with E-state index in [2.05, 4.69) is 10.0 Å². The minimum atomic E-state index is -3.69. The van der Waals surface area contributed by atoms with E-state index in [1.807, 2.05) is 19.0 Å². The van der Waals surface area contributed by atoms with Crippen LogP contribution in [0.2, 0.25) is 0 Å². The standard InChI is InChI=1S/C19H23N3O4S/c1-14(23)15-7-9-17(10-8-15)21-19(24)16-5-4-6-18(13-16)27(25,26)20-11-12-22(2)3/h4-10,13,20H,11-12H2,1-3H3,(H,21,24). The van der Waals surface area contributed by atoms with Gasteiger partial charge in [0.2, 0.25) is 10.0 Å². The zero-order valence-electron chi connectivity index (χ0n) is 15.5. The number of carbonyl (C=O) groups excluding carboxylic acids is 2. The number of rotatable bonds is 8.